The fraction of sp³-hybridized carbons (Fsp3) is 0.200. The number of carbonyl (C=O) groups excluding carboxylic acids is 2. The number of nitrogens with one attached hydrogen (secondary N) is 1. The zero-order chi connectivity index (χ0) is 20.6. The molecular formula is C20H17Cl2FN2O3. The van der Waals surface area contributed by atoms with Crippen LogP contribution in [0.25, 0.3) is 10.9 Å². The smallest absolute Gasteiger partial charge is 0.262 e. The van der Waals surface area contributed by atoms with Crippen molar-refractivity contribution in [2.24, 2.45) is 0 Å². The van der Waals surface area contributed by atoms with Gasteiger partial charge in [0.2, 0.25) is 5.91 Å². The molecule has 0 spiro atoms. The van der Waals surface area contributed by atoms with Gasteiger partial charge in [-0.15, -0.1) is 0 Å². The lowest BCUT2D eigenvalue weighted by molar-refractivity contribution is -0.120. The number of rotatable bonds is 4. The van der Waals surface area contributed by atoms with Crippen molar-refractivity contribution in [3.05, 3.63) is 63.0 Å². The fourth-order valence-corrected chi connectivity index (χ4v) is 3.48. The molecule has 0 saturated heterocycles. The monoisotopic (exact) mass is 422 g/mol. The quantitative estimate of drug-likeness (QED) is 0.651. The third kappa shape index (κ3) is 3.45. The van der Waals surface area contributed by atoms with Gasteiger partial charge in [0.25, 0.3) is 5.91 Å². The van der Waals surface area contributed by atoms with Gasteiger partial charge in [-0.25, -0.2) is 4.39 Å². The van der Waals surface area contributed by atoms with E-state index in [4.69, 9.17) is 23.2 Å². The Labute approximate surface area is 170 Å². The third-order valence-electron chi connectivity index (χ3n) is 4.50. The minimum atomic E-state index is -0.874. The molecule has 2 aromatic carbocycles. The summed E-state index contributed by atoms with van der Waals surface area (Å²) in [7, 11) is 0. The van der Waals surface area contributed by atoms with E-state index in [-0.39, 0.29) is 33.8 Å². The van der Waals surface area contributed by atoms with Crippen LogP contribution in [0.2, 0.25) is 10.0 Å². The van der Waals surface area contributed by atoms with Crippen LogP contribution < -0.4 is 5.32 Å². The Hall–Kier alpha value is -2.57. The zero-order valence-electron chi connectivity index (χ0n) is 15.1. The standard InChI is InChI=1S/C20H17Cl2FN2O3/c1-3-24-17(27)9-12-10(2)25(15-6-7-16(26)19(23)18(12)15)20(28)11-4-5-13(21)14(22)8-11/h4-8,26H,3,9H2,1-2H3,(H,24,27). The number of likely N-dealkylation sites (N-methyl/N-ethyl adjacent to an activating group) is 1. The molecule has 3 aromatic rings. The van der Waals surface area contributed by atoms with E-state index in [2.05, 4.69) is 5.32 Å². The number of halogens is 3. The van der Waals surface area contributed by atoms with Crippen molar-refractivity contribution in [1.29, 1.82) is 0 Å². The Morgan fingerprint density at radius 2 is 1.89 bits per heavy atom. The summed E-state index contributed by atoms with van der Waals surface area (Å²) in [5, 5.41) is 13.0. The van der Waals surface area contributed by atoms with Crippen LogP contribution in [0.5, 0.6) is 5.75 Å². The van der Waals surface area contributed by atoms with Crippen LogP contribution in [-0.2, 0) is 11.2 Å². The first-order valence-corrected chi connectivity index (χ1v) is 9.29. The van der Waals surface area contributed by atoms with Gasteiger partial charge < -0.3 is 10.4 Å². The Kier molecular flexibility index (Phi) is 5.63. The molecule has 1 amide bonds. The second kappa shape index (κ2) is 7.81. The van der Waals surface area contributed by atoms with Crippen LogP contribution in [-0.4, -0.2) is 28.0 Å². The number of hydrogen-bond donors (Lipinski definition) is 2. The molecule has 1 heterocycles. The van der Waals surface area contributed by atoms with Crippen LogP contribution >= 0.6 is 23.2 Å². The molecule has 0 aliphatic carbocycles. The van der Waals surface area contributed by atoms with Gasteiger partial charge in [-0.3, -0.25) is 14.2 Å². The summed E-state index contributed by atoms with van der Waals surface area (Å²) in [6.45, 7) is 3.82. The topological polar surface area (TPSA) is 71.3 Å². The normalized spacial score (nSPS) is 11.0. The predicted molar refractivity (Wildman–Crippen MR) is 107 cm³/mol. The number of carbonyl (C=O) groups is 2. The molecule has 0 aliphatic heterocycles. The minimum absolute atomic E-state index is 0.0390. The van der Waals surface area contributed by atoms with Gasteiger partial charge in [-0.1, -0.05) is 23.2 Å². The fourth-order valence-electron chi connectivity index (χ4n) is 3.18. The van der Waals surface area contributed by atoms with Gasteiger partial charge in [0.05, 0.1) is 22.0 Å². The number of benzene rings is 2. The highest BCUT2D eigenvalue weighted by Gasteiger charge is 2.25. The van der Waals surface area contributed by atoms with Gasteiger partial charge in [-0.2, -0.15) is 0 Å². The van der Waals surface area contributed by atoms with Crippen molar-refractivity contribution < 1.29 is 19.1 Å². The number of nitrogens with zero attached hydrogens (tertiary/aromatic N) is 1. The summed E-state index contributed by atoms with van der Waals surface area (Å²) in [6.07, 6.45) is -0.127. The first kappa shape index (κ1) is 20.2. The van der Waals surface area contributed by atoms with E-state index in [1.807, 2.05) is 0 Å². The van der Waals surface area contributed by atoms with Crippen molar-refractivity contribution in [3.8, 4) is 5.75 Å². The highest BCUT2D eigenvalue weighted by Crippen LogP contribution is 2.34. The highest BCUT2D eigenvalue weighted by atomic mass is 35.5. The number of amides is 1. The number of aromatic hydroxyl groups is 1. The molecule has 0 unspecified atom stereocenters. The molecule has 0 bridgehead atoms. The summed E-state index contributed by atoms with van der Waals surface area (Å²) >= 11 is 11.9. The lowest BCUT2D eigenvalue weighted by atomic mass is 10.1. The molecular weight excluding hydrogens is 406 g/mol. The van der Waals surface area contributed by atoms with Gasteiger partial charge in [0, 0.05) is 23.2 Å². The Bertz CT molecular complexity index is 1110. The van der Waals surface area contributed by atoms with Crippen molar-refractivity contribution in [3.63, 3.8) is 0 Å². The Morgan fingerprint density at radius 3 is 2.54 bits per heavy atom. The molecule has 3 rings (SSSR count). The van der Waals surface area contributed by atoms with Crippen molar-refractivity contribution >= 4 is 45.9 Å². The number of phenolic OH excluding ortho intramolecular Hbond substituents is 1. The molecule has 0 atom stereocenters. The van der Waals surface area contributed by atoms with Crippen molar-refractivity contribution in [2.75, 3.05) is 6.54 Å². The highest BCUT2D eigenvalue weighted by molar-refractivity contribution is 6.42. The summed E-state index contributed by atoms with van der Waals surface area (Å²) in [5.74, 6) is -2.19. The summed E-state index contributed by atoms with van der Waals surface area (Å²) < 4.78 is 16.0. The van der Waals surface area contributed by atoms with Crippen LogP contribution in [0.1, 0.15) is 28.5 Å². The first-order valence-electron chi connectivity index (χ1n) is 8.54. The van der Waals surface area contributed by atoms with E-state index < -0.39 is 17.5 Å². The van der Waals surface area contributed by atoms with Crippen LogP contribution in [0.3, 0.4) is 0 Å². The first-order chi connectivity index (χ1) is 13.3. The van der Waals surface area contributed by atoms with E-state index in [1.165, 1.54) is 34.9 Å². The minimum Gasteiger partial charge on any atom is -0.505 e. The van der Waals surface area contributed by atoms with Gasteiger partial charge >= 0.3 is 0 Å². The number of fused-ring (bicyclic) bond motifs is 1. The van der Waals surface area contributed by atoms with Gasteiger partial charge in [0.15, 0.2) is 11.6 Å². The molecule has 5 nitrogen and oxygen atoms in total. The second-order valence-electron chi connectivity index (χ2n) is 6.26. The lowest BCUT2D eigenvalue weighted by Gasteiger charge is -2.09. The zero-order valence-corrected chi connectivity index (χ0v) is 16.7. The van der Waals surface area contributed by atoms with Crippen LogP contribution in [0.4, 0.5) is 4.39 Å². The van der Waals surface area contributed by atoms with Crippen molar-refractivity contribution in [1.82, 2.24) is 9.88 Å². The Morgan fingerprint density at radius 1 is 1.18 bits per heavy atom. The number of hydrogen-bond acceptors (Lipinski definition) is 3. The lowest BCUT2D eigenvalue weighted by Crippen LogP contribution is -2.25. The summed E-state index contributed by atoms with van der Waals surface area (Å²) in [5.41, 5.74) is 1.25. The number of phenols is 1. The maximum atomic E-state index is 14.7. The van der Waals surface area contributed by atoms with E-state index in [0.717, 1.165) is 0 Å². The number of aromatic nitrogens is 1. The van der Waals surface area contributed by atoms with Gasteiger partial charge in [0.1, 0.15) is 0 Å². The van der Waals surface area contributed by atoms with E-state index in [1.54, 1.807) is 13.8 Å². The van der Waals surface area contributed by atoms with Crippen LogP contribution in [0, 0.1) is 12.7 Å². The van der Waals surface area contributed by atoms with Crippen molar-refractivity contribution in [2.45, 2.75) is 20.3 Å². The van der Waals surface area contributed by atoms with E-state index in [0.29, 0.717) is 22.8 Å². The third-order valence-corrected chi connectivity index (χ3v) is 5.23. The van der Waals surface area contributed by atoms with E-state index >= 15 is 0 Å². The molecule has 8 heteroatoms. The Balaban J connectivity index is 2.24. The average molecular weight is 423 g/mol. The maximum absolute atomic E-state index is 14.7. The largest absolute Gasteiger partial charge is 0.505 e. The second-order valence-corrected chi connectivity index (χ2v) is 7.07. The molecule has 0 radical (unpaired) electrons. The SMILES string of the molecule is CCNC(=O)Cc1c(C)n(C(=O)c2ccc(Cl)c(Cl)c2)c2ccc(O)c(F)c12. The molecule has 28 heavy (non-hydrogen) atoms. The van der Waals surface area contributed by atoms with Crippen LogP contribution in [0.15, 0.2) is 30.3 Å². The molecule has 2 N–H and O–H groups in total. The maximum Gasteiger partial charge on any atom is 0.262 e. The molecule has 0 aliphatic rings. The summed E-state index contributed by atoms with van der Waals surface area (Å²) in [4.78, 5) is 25.3. The molecule has 0 saturated carbocycles. The molecule has 0 fully saturated rings. The van der Waals surface area contributed by atoms with E-state index in [9.17, 15) is 19.1 Å². The average Bonchev–Trinajstić information content (AvgIpc) is 2.92. The molecule has 1 aromatic heterocycles. The summed E-state index contributed by atoms with van der Waals surface area (Å²) in [6, 6.07) is 7.06. The van der Waals surface area contributed by atoms with Gasteiger partial charge in [-0.05, 0) is 49.7 Å². The molecule has 146 valence electrons. The predicted octanol–water partition coefficient (Wildman–Crippen LogP) is 4.47.